The highest BCUT2D eigenvalue weighted by Gasteiger charge is 2.30. The Balaban J connectivity index is 1.59. The van der Waals surface area contributed by atoms with E-state index in [1.165, 1.54) is 12.3 Å². The number of hydrogen-bond donors (Lipinski definition) is 2. The molecule has 0 atom stereocenters. The fourth-order valence-corrected chi connectivity index (χ4v) is 3.68. The summed E-state index contributed by atoms with van der Waals surface area (Å²) in [5.41, 5.74) is 3.56. The summed E-state index contributed by atoms with van der Waals surface area (Å²) in [6.07, 6.45) is -2.96. The Labute approximate surface area is 186 Å². The average Bonchev–Trinajstić information content (AvgIpc) is 3.39. The normalized spacial score (nSPS) is 11.5. The van der Waals surface area contributed by atoms with Gasteiger partial charge in [-0.15, -0.1) is 0 Å². The van der Waals surface area contributed by atoms with Gasteiger partial charge in [0.05, 0.1) is 5.56 Å². The van der Waals surface area contributed by atoms with Gasteiger partial charge in [-0.3, -0.25) is 5.10 Å². The number of hydrogen-bond acceptors (Lipinski definition) is 3. The molecule has 2 N–H and O–H groups in total. The lowest BCUT2D eigenvalue weighted by molar-refractivity contribution is -0.137. The predicted octanol–water partition coefficient (Wildman–Crippen LogP) is 6.63. The second kappa shape index (κ2) is 7.88. The minimum absolute atomic E-state index is 0.252. The van der Waals surface area contributed by atoms with E-state index in [-0.39, 0.29) is 5.69 Å². The molecule has 8 heteroatoms. The third kappa shape index (κ3) is 3.81. The van der Waals surface area contributed by atoms with Crippen LogP contribution in [0.1, 0.15) is 11.1 Å². The second-order valence-electron chi connectivity index (χ2n) is 7.41. The second-order valence-corrected chi connectivity index (χ2v) is 7.41. The molecule has 0 radical (unpaired) electrons. The number of halogens is 3. The molecule has 0 unspecified atom stereocenters. The maximum atomic E-state index is 13.2. The van der Waals surface area contributed by atoms with Crippen molar-refractivity contribution in [3.05, 3.63) is 96.2 Å². The number of fused-ring (bicyclic) bond motifs is 1. The number of H-pyrrole nitrogens is 1. The fourth-order valence-electron chi connectivity index (χ4n) is 3.68. The van der Waals surface area contributed by atoms with Crippen LogP contribution in [-0.4, -0.2) is 14.6 Å². The van der Waals surface area contributed by atoms with Crippen LogP contribution < -0.4 is 5.32 Å². The van der Waals surface area contributed by atoms with Gasteiger partial charge >= 0.3 is 6.18 Å². The molecule has 5 nitrogen and oxygen atoms in total. The maximum absolute atomic E-state index is 13.2. The van der Waals surface area contributed by atoms with Crippen molar-refractivity contribution < 1.29 is 13.2 Å². The summed E-state index contributed by atoms with van der Waals surface area (Å²) in [5.74, 6) is 0.429. The fraction of sp³-hybridized carbons (Fsp3) is 0.0400. The number of aromatic nitrogens is 3. The van der Waals surface area contributed by atoms with Crippen LogP contribution in [0.25, 0.3) is 28.0 Å². The molecule has 33 heavy (non-hydrogen) atoms. The Kier molecular flexibility index (Phi) is 4.87. The Morgan fingerprint density at radius 3 is 2.27 bits per heavy atom. The van der Waals surface area contributed by atoms with Crippen LogP contribution in [0.3, 0.4) is 0 Å². The van der Waals surface area contributed by atoms with Crippen molar-refractivity contribution in [1.82, 2.24) is 14.6 Å². The molecular formula is C25H16F3N5. The van der Waals surface area contributed by atoms with Crippen molar-refractivity contribution in [3.63, 3.8) is 0 Å². The first kappa shape index (κ1) is 20.4. The molecule has 0 spiro atoms. The van der Waals surface area contributed by atoms with E-state index < -0.39 is 11.7 Å². The third-order valence-corrected chi connectivity index (χ3v) is 5.29. The minimum Gasteiger partial charge on any atom is -0.338 e. The zero-order valence-corrected chi connectivity index (χ0v) is 17.1. The van der Waals surface area contributed by atoms with Gasteiger partial charge in [-0.2, -0.15) is 18.4 Å². The van der Waals surface area contributed by atoms with E-state index in [0.717, 1.165) is 28.8 Å². The van der Waals surface area contributed by atoms with Crippen LogP contribution in [0.2, 0.25) is 0 Å². The van der Waals surface area contributed by atoms with Gasteiger partial charge in [-0.1, -0.05) is 60.7 Å². The summed E-state index contributed by atoms with van der Waals surface area (Å²) < 4.78 is 41.1. The van der Waals surface area contributed by atoms with Crippen molar-refractivity contribution in [2.45, 2.75) is 6.18 Å². The highest BCUT2D eigenvalue weighted by atomic mass is 19.4. The number of rotatable bonds is 4. The van der Waals surface area contributed by atoms with Crippen molar-refractivity contribution in [2.24, 2.45) is 0 Å². The van der Waals surface area contributed by atoms with Gasteiger partial charge < -0.3 is 5.32 Å². The van der Waals surface area contributed by atoms with Gasteiger partial charge in [-0.25, -0.2) is 9.50 Å². The Morgan fingerprint density at radius 2 is 1.58 bits per heavy atom. The zero-order valence-electron chi connectivity index (χ0n) is 17.1. The van der Waals surface area contributed by atoms with Crippen molar-refractivity contribution >= 4 is 17.2 Å². The van der Waals surface area contributed by atoms with Crippen molar-refractivity contribution in [3.8, 4) is 28.5 Å². The molecule has 0 saturated heterocycles. The smallest absolute Gasteiger partial charge is 0.338 e. The summed E-state index contributed by atoms with van der Waals surface area (Å²) >= 11 is 0. The van der Waals surface area contributed by atoms with Gasteiger partial charge in [0.2, 0.25) is 0 Å². The van der Waals surface area contributed by atoms with E-state index in [9.17, 15) is 18.4 Å². The molecule has 0 aliphatic heterocycles. The molecule has 0 aliphatic rings. The first-order chi connectivity index (χ1) is 15.9. The molecule has 0 amide bonds. The molecule has 162 valence electrons. The molecule has 0 saturated carbocycles. The Morgan fingerprint density at radius 1 is 0.879 bits per heavy atom. The van der Waals surface area contributed by atoms with E-state index in [2.05, 4.69) is 21.5 Å². The molecule has 2 heterocycles. The van der Waals surface area contributed by atoms with Crippen molar-refractivity contribution in [1.29, 1.82) is 5.26 Å². The minimum atomic E-state index is -4.46. The van der Waals surface area contributed by atoms with Crippen LogP contribution in [0.4, 0.5) is 24.7 Å². The maximum Gasteiger partial charge on any atom is 0.416 e. The van der Waals surface area contributed by atoms with Crippen LogP contribution in [0.5, 0.6) is 0 Å². The lowest BCUT2D eigenvalue weighted by Crippen LogP contribution is -2.05. The molecular weight excluding hydrogens is 427 g/mol. The van der Waals surface area contributed by atoms with Crippen LogP contribution in [0.15, 0.2) is 85.1 Å². The molecule has 0 bridgehead atoms. The third-order valence-electron chi connectivity index (χ3n) is 5.29. The topological polar surface area (TPSA) is 68.9 Å². The van der Waals surface area contributed by atoms with Crippen LogP contribution >= 0.6 is 0 Å². The monoisotopic (exact) mass is 443 g/mol. The van der Waals surface area contributed by atoms with E-state index >= 15 is 0 Å². The number of imidazole rings is 1. The first-order valence-electron chi connectivity index (χ1n) is 10.0. The molecule has 2 aromatic heterocycles. The van der Waals surface area contributed by atoms with Gasteiger partial charge in [-0.05, 0) is 29.3 Å². The van der Waals surface area contributed by atoms with E-state index in [1.807, 2.05) is 54.6 Å². The highest BCUT2D eigenvalue weighted by molar-refractivity contribution is 5.82. The van der Waals surface area contributed by atoms with Crippen LogP contribution in [0, 0.1) is 11.3 Å². The Hall–Kier alpha value is -4.51. The molecule has 5 rings (SSSR count). The van der Waals surface area contributed by atoms with Gasteiger partial charge in [0.25, 0.3) is 0 Å². The quantitative estimate of drug-likeness (QED) is 0.328. The summed E-state index contributed by atoms with van der Waals surface area (Å²) in [6, 6.07) is 24.6. The SMILES string of the molecule is N#Cc1c[nH]n2c(Nc3cccc(C(F)(F)F)c3)c(-c3ccc(-c4ccccc4)cc3)nc12. The van der Waals surface area contributed by atoms with E-state index in [1.54, 1.807) is 10.6 Å². The number of nitrogens with one attached hydrogen (secondary N) is 2. The predicted molar refractivity (Wildman–Crippen MR) is 120 cm³/mol. The largest absolute Gasteiger partial charge is 0.416 e. The molecule has 3 aromatic carbocycles. The molecule has 0 aliphatic carbocycles. The van der Waals surface area contributed by atoms with E-state index in [4.69, 9.17) is 0 Å². The number of aromatic amines is 1. The number of nitriles is 1. The first-order valence-corrected chi connectivity index (χ1v) is 10.0. The molecule has 0 fully saturated rings. The zero-order chi connectivity index (χ0) is 23.0. The van der Waals surface area contributed by atoms with Gasteiger partial charge in [0.1, 0.15) is 17.3 Å². The Bertz CT molecular complexity index is 1470. The summed E-state index contributed by atoms with van der Waals surface area (Å²) in [7, 11) is 0. The number of anilines is 2. The standard InChI is InChI=1S/C25H16F3N5/c26-25(27,28)20-7-4-8-21(13-20)31-24-22(32-23-19(14-29)15-30-33(23)24)18-11-9-17(10-12-18)16-5-2-1-3-6-16/h1-13,15,30-31H. The molecule has 5 aromatic rings. The van der Waals surface area contributed by atoms with E-state index in [0.29, 0.717) is 22.7 Å². The summed E-state index contributed by atoms with van der Waals surface area (Å²) in [5, 5.41) is 15.4. The number of nitrogens with zero attached hydrogens (tertiary/aromatic N) is 3. The number of benzene rings is 3. The summed E-state index contributed by atoms with van der Waals surface area (Å²) in [4.78, 5) is 4.61. The van der Waals surface area contributed by atoms with Gasteiger partial charge in [0.15, 0.2) is 11.5 Å². The van der Waals surface area contributed by atoms with Crippen molar-refractivity contribution in [2.75, 3.05) is 5.32 Å². The van der Waals surface area contributed by atoms with Gasteiger partial charge in [0, 0.05) is 17.4 Å². The lowest BCUT2D eigenvalue weighted by Gasteiger charge is -2.11. The number of alkyl halides is 3. The van der Waals surface area contributed by atoms with Crippen LogP contribution in [-0.2, 0) is 6.18 Å². The highest BCUT2D eigenvalue weighted by Crippen LogP contribution is 2.35. The lowest BCUT2D eigenvalue weighted by atomic mass is 10.0. The summed E-state index contributed by atoms with van der Waals surface area (Å²) in [6.45, 7) is 0. The average molecular weight is 443 g/mol.